The van der Waals surface area contributed by atoms with Crippen molar-refractivity contribution < 1.29 is 15.1 Å². The molecule has 6 heteroatoms. The molecular formula is C12H18N2O4. The van der Waals surface area contributed by atoms with Crippen LogP contribution in [0.3, 0.4) is 0 Å². The molecule has 0 aliphatic heterocycles. The number of aliphatic hydroxyl groups is 2. The van der Waals surface area contributed by atoms with Gasteiger partial charge in [0, 0.05) is 31.5 Å². The number of hydrogen-bond donors (Lipinski definition) is 2. The van der Waals surface area contributed by atoms with E-state index in [0.29, 0.717) is 18.5 Å². The standard InChI is InChI=1S/C12H18N2O4/c1-2-13(6-3-7-15)11-4-5-12(14(17)18)10(8-11)9-16/h4-5,8,15-16H,2-3,6-7,9H2,1H3. The highest BCUT2D eigenvalue weighted by Gasteiger charge is 2.15. The van der Waals surface area contributed by atoms with E-state index in [9.17, 15) is 10.1 Å². The number of nitro benzene ring substituents is 1. The van der Waals surface area contributed by atoms with Crippen LogP contribution in [0.2, 0.25) is 0 Å². The van der Waals surface area contributed by atoms with Crippen LogP contribution in [0.5, 0.6) is 0 Å². The van der Waals surface area contributed by atoms with Gasteiger partial charge in [0.05, 0.1) is 17.1 Å². The highest BCUT2D eigenvalue weighted by molar-refractivity contribution is 5.55. The van der Waals surface area contributed by atoms with E-state index in [2.05, 4.69) is 0 Å². The Morgan fingerprint density at radius 3 is 2.61 bits per heavy atom. The third-order valence-corrected chi connectivity index (χ3v) is 2.76. The Morgan fingerprint density at radius 1 is 1.39 bits per heavy atom. The van der Waals surface area contributed by atoms with Crippen LogP contribution in [0.4, 0.5) is 11.4 Å². The SMILES string of the molecule is CCN(CCCO)c1ccc([N+](=O)[O-])c(CO)c1. The second-order valence-corrected chi connectivity index (χ2v) is 3.89. The number of nitro groups is 1. The lowest BCUT2D eigenvalue weighted by molar-refractivity contribution is -0.385. The molecule has 0 heterocycles. The minimum Gasteiger partial charge on any atom is -0.396 e. The van der Waals surface area contributed by atoms with Gasteiger partial charge in [0.2, 0.25) is 0 Å². The van der Waals surface area contributed by atoms with Gasteiger partial charge in [0.15, 0.2) is 0 Å². The number of rotatable bonds is 7. The zero-order valence-corrected chi connectivity index (χ0v) is 10.4. The summed E-state index contributed by atoms with van der Waals surface area (Å²) >= 11 is 0. The Hall–Kier alpha value is -1.66. The summed E-state index contributed by atoms with van der Waals surface area (Å²) in [6.07, 6.45) is 0.638. The first-order valence-electron chi connectivity index (χ1n) is 5.88. The molecule has 0 unspecified atom stereocenters. The molecule has 0 spiro atoms. The number of benzene rings is 1. The molecule has 0 amide bonds. The van der Waals surface area contributed by atoms with Crippen LogP contribution in [0.25, 0.3) is 0 Å². The van der Waals surface area contributed by atoms with Crippen LogP contribution < -0.4 is 4.90 Å². The zero-order chi connectivity index (χ0) is 13.5. The summed E-state index contributed by atoms with van der Waals surface area (Å²) in [4.78, 5) is 12.2. The number of aliphatic hydroxyl groups excluding tert-OH is 2. The van der Waals surface area contributed by atoms with Crippen molar-refractivity contribution in [2.24, 2.45) is 0 Å². The third-order valence-electron chi connectivity index (χ3n) is 2.76. The predicted octanol–water partition coefficient (Wildman–Crippen LogP) is 1.30. The predicted molar refractivity (Wildman–Crippen MR) is 68.6 cm³/mol. The van der Waals surface area contributed by atoms with Gasteiger partial charge < -0.3 is 15.1 Å². The molecule has 18 heavy (non-hydrogen) atoms. The molecule has 6 nitrogen and oxygen atoms in total. The molecule has 0 aliphatic rings. The largest absolute Gasteiger partial charge is 0.396 e. The minimum absolute atomic E-state index is 0.0699. The molecule has 1 aromatic carbocycles. The van der Waals surface area contributed by atoms with E-state index in [1.165, 1.54) is 6.07 Å². The maximum atomic E-state index is 10.8. The number of nitrogens with zero attached hydrogens (tertiary/aromatic N) is 2. The fourth-order valence-corrected chi connectivity index (χ4v) is 1.80. The van der Waals surface area contributed by atoms with Crippen LogP contribution in [-0.4, -0.2) is 34.8 Å². The monoisotopic (exact) mass is 254 g/mol. The van der Waals surface area contributed by atoms with E-state index < -0.39 is 4.92 Å². The van der Waals surface area contributed by atoms with E-state index in [1.807, 2.05) is 11.8 Å². The minimum atomic E-state index is -0.501. The van der Waals surface area contributed by atoms with Crippen LogP contribution in [0, 0.1) is 10.1 Å². The van der Waals surface area contributed by atoms with Crippen LogP contribution in [0.15, 0.2) is 18.2 Å². The highest BCUT2D eigenvalue weighted by Crippen LogP contribution is 2.25. The molecular weight excluding hydrogens is 236 g/mol. The van der Waals surface area contributed by atoms with Gasteiger partial charge in [-0.2, -0.15) is 0 Å². The van der Waals surface area contributed by atoms with Gasteiger partial charge in [0.25, 0.3) is 5.69 Å². The third kappa shape index (κ3) is 3.41. The first-order chi connectivity index (χ1) is 8.63. The lowest BCUT2D eigenvalue weighted by Crippen LogP contribution is -2.24. The smallest absolute Gasteiger partial charge is 0.275 e. The van der Waals surface area contributed by atoms with E-state index in [0.717, 1.165) is 12.2 Å². The van der Waals surface area contributed by atoms with Crippen LogP contribution in [-0.2, 0) is 6.61 Å². The van der Waals surface area contributed by atoms with Gasteiger partial charge in [0.1, 0.15) is 0 Å². The second-order valence-electron chi connectivity index (χ2n) is 3.89. The van der Waals surface area contributed by atoms with Gasteiger partial charge in [-0.15, -0.1) is 0 Å². The fraction of sp³-hybridized carbons (Fsp3) is 0.500. The summed E-state index contributed by atoms with van der Waals surface area (Å²) in [6.45, 7) is 3.13. The lowest BCUT2D eigenvalue weighted by atomic mass is 10.1. The summed E-state index contributed by atoms with van der Waals surface area (Å²) in [6, 6.07) is 4.69. The topological polar surface area (TPSA) is 86.8 Å². The normalized spacial score (nSPS) is 10.4. The Balaban J connectivity index is 2.99. The Morgan fingerprint density at radius 2 is 2.11 bits per heavy atom. The van der Waals surface area contributed by atoms with Gasteiger partial charge in [-0.05, 0) is 25.5 Å². The van der Waals surface area contributed by atoms with E-state index in [1.54, 1.807) is 12.1 Å². The van der Waals surface area contributed by atoms with Gasteiger partial charge >= 0.3 is 0 Å². The molecule has 0 fully saturated rings. The number of hydrogen-bond acceptors (Lipinski definition) is 5. The molecule has 0 saturated carbocycles. The zero-order valence-electron chi connectivity index (χ0n) is 10.4. The highest BCUT2D eigenvalue weighted by atomic mass is 16.6. The molecule has 0 atom stereocenters. The molecule has 0 saturated heterocycles. The van der Waals surface area contributed by atoms with Gasteiger partial charge in [-0.1, -0.05) is 0 Å². The van der Waals surface area contributed by atoms with Crippen molar-refractivity contribution >= 4 is 11.4 Å². The van der Waals surface area contributed by atoms with Gasteiger partial charge in [-0.25, -0.2) is 0 Å². The molecule has 0 aliphatic carbocycles. The van der Waals surface area contributed by atoms with Crippen molar-refractivity contribution in [3.05, 3.63) is 33.9 Å². The van der Waals surface area contributed by atoms with E-state index in [4.69, 9.17) is 10.2 Å². The summed E-state index contributed by atoms with van der Waals surface area (Å²) in [5, 5.41) is 28.7. The van der Waals surface area contributed by atoms with Crippen molar-refractivity contribution in [1.82, 2.24) is 0 Å². The average Bonchev–Trinajstić information content (AvgIpc) is 2.39. The Kier molecular flexibility index (Phi) is 5.54. The molecule has 1 rings (SSSR count). The molecule has 100 valence electrons. The Labute approximate surface area is 106 Å². The van der Waals surface area contributed by atoms with Crippen LogP contribution >= 0.6 is 0 Å². The average molecular weight is 254 g/mol. The summed E-state index contributed by atoms with van der Waals surface area (Å²) in [5.74, 6) is 0. The summed E-state index contributed by atoms with van der Waals surface area (Å²) < 4.78 is 0. The second kappa shape index (κ2) is 6.93. The Bertz CT molecular complexity index is 409. The van der Waals surface area contributed by atoms with Crippen molar-refractivity contribution in [2.45, 2.75) is 20.0 Å². The first-order valence-corrected chi connectivity index (χ1v) is 5.88. The van der Waals surface area contributed by atoms with Crippen molar-refractivity contribution in [1.29, 1.82) is 0 Å². The van der Waals surface area contributed by atoms with E-state index in [-0.39, 0.29) is 18.9 Å². The molecule has 2 N–H and O–H groups in total. The number of anilines is 1. The molecule has 0 bridgehead atoms. The van der Waals surface area contributed by atoms with Crippen molar-refractivity contribution in [2.75, 3.05) is 24.6 Å². The van der Waals surface area contributed by atoms with E-state index >= 15 is 0 Å². The fourth-order valence-electron chi connectivity index (χ4n) is 1.80. The van der Waals surface area contributed by atoms with Gasteiger partial charge in [-0.3, -0.25) is 10.1 Å². The quantitative estimate of drug-likeness (QED) is 0.565. The van der Waals surface area contributed by atoms with Crippen molar-refractivity contribution in [3.63, 3.8) is 0 Å². The lowest BCUT2D eigenvalue weighted by Gasteiger charge is -2.23. The maximum absolute atomic E-state index is 10.8. The summed E-state index contributed by atoms with van der Waals surface area (Å²) in [5.41, 5.74) is 1.06. The first kappa shape index (κ1) is 14.4. The molecule has 0 aromatic heterocycles. The molecule has 0 radical (unpaired) electrons. The maximum Gasteiger partial charge on any atom is 0.275 e. The molecule has 1 aromatic rings. The van der Waals surface area contributed by atoms with Crippen molar-refractivity contribution in [3.8, 4) is 0 Å². The van der Waals surface area contributed by atoms with Crippen LogP contribution in [0.1, 0.15) is 18.9 Å². The summed E-state index contributed by atoms with van der Waals surface area (Å²) in [7, 11) is 0.